The van der Waals surface area contributed by atoms with E-state index >= 15 is 0 Å². The zero-order chi connectivity index (χ0) is 13.1. The minimum Gasteiger partial charge on any atom is -0.329 e. The average molecular weight is 254 g/mol. The fourth-order valence-electron chi connectivity index (χ4n) is 2.75. The van der Waals surface area contributed by atoms with Gasteiger partial charge in [-0.2, -0.15) is 0 Å². The van der Waals surface area contributed by atoms with Crippen molar-refractivity contribution in [2.24, 2.45) is 5.73 Å². The number of hydrogen-bond acceptors (Lipinski definition) is 2. The second-order valence-corrected chi connectivity index (χ2v) is 5.05. The van der Waals surface area contributed by atoms with Gasteiger partial charge < -0.3 is 5.73 Å². The van der Waals surface area contributed by atoms with E-state index in [-0.39, 0.29) is 6.04 Å². The van der Waals surface area contributed by atoms with Crippen molar-refractivity contribution in [1.29, 1.82) is 0 Å². The van der Waals surface area contributed by atoms with Gasteiger partial charge in [0.25, 0.3) is 0 Å². The van der Waals surface area contributed by atoms with E-state index in [2.05, 4.69) is 11.8 Å². The maximum atomic E-state index is 13.7. The first-order chi connectivity index (χ1) is 8.63. The normalized spacial score (nSPS) is 25.3. The first-order valence-corrected chi connectivity index (χ1v) is 6.52. The minimum atomic E-state index is -0.776. The van der Waals surface area contributed by atoms with Crippen molar-refractivity contribution in [3.05, 3.63) is 35.4 Å². The predicted molar refractivity (Wildman–Crippen MR) is 68.1 cm³/mol. The monoisotopic (exact) mass is 254 g/mol. The van der Waals surface area contributed by atoms with Gasteiger partial charge in [-0.1, -0.05) is 18.6 Å². The maximum absolute atomic E-state index is 13.7. The van der Waals surface area contributed by atoms with Crippen molar-refractivity contribution in [2.45, 2.75) is 44.8 Å². The summed E-state index contributed by atoms with van der Waals surface area (Å²) in [6.07, 6.45) is 3.29. The molecular weight excluding hydrogens is 234 g/mol. The van der Waals surface area contributed by atoms with Gasteiger partial charge in [-0.05, 0) is 25.8 Å². The summed E-state index contributed by atoms with van der Waals surface area (Å²) in [6, 6.07) is 5.00. The number of piperidine rings is 1. The van der Waals surface area contributed by atoms with Gasteiger partial charge in [0.05, 0.1) is 0 Å². The van der Waals surface area contributed by atoms with Crippen molar-refractivity contribution in [1.82, 2.24) is 4.90 Å². The van der Waals surface area contributed by atoms with E-state index < -0.39 is 11.6 Å². The van der Waals surface area contributed by atoms with Crippen LogP contribution in [0.5, 0.6) is 0 Å². The van der Waals surface area contributed by atoms with Crippen LogP contribution in [0, 0.1) is 11.6 Å². The molecule has 2 unspecified atom stereocenters. The highest BCUT2D eigenvalue weighted by Gasteiger charge is 2.27. The summed E-state index contributed by atoms with van der Waals surface area (Å²) < 4.78 is 26.9. The fourth-order valence-corrected chi connectivity index (χ4v) is 2.75. The summed E-state index contributed by atoms with van der Waals surface area (Å²) in [7, 11) is 0. The van der Waals surface area contributed by atoms with Crippen LogP contribution in [-0.4, -0.2) is 23.5 Å². The molecule has 2 rings (SSSR count). The molecule has 18 heavy (non-hydrogen) atoms. The average Bonchev–Trinajstić information content (AvgIpc) is 2.37. The Labute approximate surface area is 107 Å². The van der Waals surface area contributed by atoms with Gasteiger partial charge in [0.1, 0.15) is 0 Å². The van der Waals surface area contributed by atoms with Crippen LogP contribution in [0.3, 0.4) is 0 Å². The van der Waals surface area contributed by atoms with Gasteiger partial charge in [-0.3, -0.25) is 4.90 Å². The Morgan fingerprint density at radius 2 is 2.11 bits per heavy atom. The van der Waals surface area contributed by atoms with Crippen LogP contribution in [-0.2, 0) is 6.54 Å². The highest BCUT2D eigenvalue weighted by Crippen LogP contribution is 2.25. The number of nitrogens with two attached hydrogens (primary N) is 1. The Balaban J connectivity index is 2.17. The van der Waals surface area contributed by atoms with Crippen LogP contribution in [0.15, 0.2) is 18.2 Å². The summed E-state index contributed by atoms with van der Waals surface area (Å²) in [5.74, 6) is -1.51. The Hall–Kier alpha value is -1.00. The Bertz CT molecular complexity index is 409. The van der Waals surface area contributed by atoms with Crippen LogP contribution in [0.25, 0.3) is 0 Å². The molecule has 100 valence electrons. The molecule has 0 bridgehead atoms. The van der Waals surface area contributed by atoms with E-state index in [0.29, 0.717) is 24.7 Å². The number of likely N-dealkylation sites (tertiary alicyclic amines) is 1. The summed E-state index contributed by atoms with van der Waals surface area (Å²) in [5.41, 5.74) is 6.19. The van der Waals surface area contributed by atoms with E-state index in [9.17, 15) is 8.78 Å². The Morgan fingerprint density at radius 3 is 2.83 bits per heavy atom. The van der Waals surface area contributed by atoms with Gasteiger partial charge >= 0.3 is 0 Å². The molecule has 1 aromatic carbocycles. The summed E-state index contributed by atoms with van der Waals surface area (Å²) in [6.45, 7) is 3.13. The molecule has 1 fully saturated rings. The lowest BCUT2D eigenvalue weighted by atomic mass is 9.95. The van der Waals surface area contributed by atoms with Crippen molar-refractivity contribution in [3.8, 4) is 0 Å². The van der Waals surface area contributed by atoms with Gasteiger partial charge in [0.2, 0.25) is 0 Å². The molecule has 1 aliphatic heterocycles. The van der Waals surface area contributed by atoms with Gasteiger partial charge in [0.15, 0.2) is 11.6 Å². The van der Waals surface area contributed by atoms with Gasteiger partial charge in [-0.15, -0.1) is 0 Å². The Morgan fingerprint density at radius 1 is 1.33 bits per heavy atom. The van der Waals surface area contributed by atoms with Crippen molar-refractivity contribution in [2.75, 3.05) is 6.54 Å². The van der Waals surface area contributed by atoms with Crippen molar-refractivity contribution < 1.29 is 8.78 Å². The molecule has 4 heteroatoms. The van der Waals surface area contributed by atoms with E-state index in [0.717, 1.165) is 25.3 Å². The fraction of sp³-hybridized carbons (Fsp3) is 0.571. The predicted octanol–water partition coefficient (Wildman–Crippen LogP) is 2.67. The molecule has 1 heterocycles. The topological polar surface area (TPSA) is 29.3 Å². The van der Waals surface area contributed by atoms with Crippen LogP contribution in [0.1, 0.15) is 31.7 Å². The summed E-state index contributed by atoms with van der Waals surface area (Å²) in [4.78, 5) is 2.20. The molecule has 2 N–H and O–H groups in total. The Kier molecular flexibility index (Phi) is 4.30. The number of nitrogens with zero attached hydrogens (tertiary/aromatic N) is 1. The van der Waals surface area contributed by atoms with Gasteiger partial charge in [0, 0.05) is 30.7 Å². The molecule has 2 atom stereocenters. The van der Waals surface area contributed by atoms with Gasteiger partial charge in [-0.25, -0.2) is 8.78 Å². The third-order valence-electron chi connectivity index (χ3n) is 3.85. The summed E-state index contributed by atoms with van der Waals surface area (Å²) in [5, 5.41) is 0. The molecule has 0 amide bonds. The van der Waals surface area contributed by atoms with Crippen LogP contribution >= 0.6 is 0 Å². The van der Waals surface area contributed by atoms with E-state index in [4.69, 9.17) is 5.73 Å². The molecule has 1 aromatic rings. The third-order valence-corrected chi connectivity index (χ3v) is 3.85. The quantitative estimate of drug-likeness (QED) is 0.898. The number of benzene rings is 1. The SMILES string of the molecule is CC1CCCC(CN)N1Cc1cccc(F)c1F. The van der Waals surface area contributed by atoms with Crippen LogP contribution in [0.2, 0.25) is 0 Å². The lowest BCUT2D eigenvalue weighted by Gasteiger charge is -2.40. The highest BCUT2D eigenvalue weighted by molar-refractivity contribution is 5.19. The standard InChI is InChI=1S/C14H20F2N2/c1-10-4-2-6-12(8-17)18(10)9-11-5-3-7-13(15)14(11)16/h3,5,7,10,12H,2,4,6,8-9,17H2,1H3. The van der Waals surface area contributed by atoms with Crippen molar-refractivity contribution >= 4 is 0 Å². The molecule has 2 nitrogen and oxygen atoms in total. The molecule has 0 aliphatic carbocycles. The zero-order valence-electron chi connectivity index (χ0n) is 10.7. The molecule has 1 aliphatic rings. The molecule has 0 spiro atoms. The number of rotatable bonds is 3. The second-order valence-electron chi connectivity index (χ2n) is 5.05. The molecule has 0 radical (unpaired) electrons. The first kappa shape index (κ1) is 13.4. The molecule has 0 saturated carbocycles. The zero-order valence-corrected chi connectivity index (χ0v) is 10.7. The number of hydrogen-bond donors (Lipinski definition) is 1. The smallest absolute Gasteiger partial charge is 0.163 e. The van der Waals surface area contributed by atoms with E-state index in [1.54, 1.807) is 12.1 Å². The van der Waals surface area contributed by atoms with Crippen molar-refractivity contribution in [3.63, 3.8) is 0 Å². The first-order valence-electron chi connectivity index (χ1n) is 6.52. The second kappa shape index (κ2) is 5.76. The summed E-state index contributed by atoms with van der Waals surface area (Å²) >= 11 is 0. The molecular formula is C14H20F2N2. The van der Waals surface area contributed by atoms with Crippen LogP contribution in [0.4, 0.5) is 8.78 Å². The van der Waals surface area contributed by atoms with E-state index in [1.165, 1.54) is 0 Å². The highest BCUT2D eigenvalue weighted by atomic mass is 19.2. The van der Waals surface area contributed by atoms with E-state index in [1.807, 2.05) is 0 Å². The maximum Gasteiger partial charge on any atom is 0.163 e. The molecule has 0 aromatic heterocycles. The lowest BCUT2D eigenvalue weighted by molar-refractivity contribution is 0.0877. The third kappa shape index (κ3) is 2.70. The molecule has 1 saturated heterocycles. The largest absolute Gasteiger partial charge is 0.329 e. The minimum absolute atomic E-state index is 0.274. The lowest BCUT2D eigenvalue weighted by Crippen LogP contribution is -2.48. The number of halogens is 2. The van der Waals surface area contributed by atoms with Crippen LogP contribution < -0.4 is 5.73 Å².